The van der Waals surface area contributed by atoms with Gasteiger partial charge in [-0.15, -0.1) is 0 Å². The van der Waals surface area contributed by atoms with E-state index < -0.39 is 45.7 Å². The molecule has 0 N–H and O–H groups in total. The molecule has 0 aliphatic carbocycles. The van der Waals surface area contributed by atoms with Gasteiger partial charge in [-0.05, 0) is 138 Å². The summed E-state index contributed by atoms with van der Waals surface area (Å²) in [6.07, 6.45) is 22.0. The minimum atomic E-state index is -2.31. The summed E-state index contributed by atoms with van der Waals surface area (Å²) in [5.41, 5.74) is 1.80. The number of aryl methyl sites for hydroxylation is 1. The summed E-state index contributed by atoms with van der Waals surface area (Å²) in [5.74, 6) is 0.301. The Morgan fingerprint density at radius 2 is 1.00 bits per heavy atom. The van der Waals surface area contributed by atoms with Crippen LogP contribution in [-0.4, -0.2) is 52.3 Å². The first-order chi connectivity index (χ1) is 29.8. The van der Waals surface area contributed by atoms with Gasteiger partial charge in [-0.25, -0.2) is 9.59 Å². The molecule has 8 nitrogen and oxygen atoms in total. The van der Waals surface area contributed by atoms with Crippen molar-refractivity contribution in [3.63, 3.8) is 0 Å². The molecule has 0 aliphatic rings. The molecular formula is C50H81ClO8Si4. The monoisotopic (exact) mass is 956 g/mol. The summed E-state index contributed by atoms with van der Waals surface area (Å²) in [4.78, 5) is 25.8. The highest BCUT2D eigenvalue weighted by molar-refractivity contribution is 6.89. The lowest BCUT2D eigenvalue weighted by atomic mass is 10.0. The lowest BCUT2D eigenvalue weighted by Gasteiger charge is -2.41. The normalized spacial score (nSPS) is 13.1. The molecule has 0 aliphatic heterocycles. The van der Waals surface area contributed by atoms with Gasteiger partial charge in [0.25, 0.3) is 0 Å². The number of halogens is 1. The molecule has 0 fully saturated rings. The maximum Gasteiger partial charge on any atom is 0.345 e. The van der Waals surface area contributed by atoms with Crippen molar-refractivity contribution < 1.29 is 36.1 Å². The van der Waals surface area contributed by atoms with Crippen molar-refractivity contribution in [1.29, 1.82) is 0 Å². The first kappa shape index (κ1) is 54.8. The van der Waals surface area contributed by atoms with E-state index >= 15 is 0 Å². The minimum Gasteiger partial charge on any atom is -0.494 e. The second kappa shape index (κ2) is 27.8. The van der Waals surface area contributed by atoms with Crippen LogP contribution in [0, 0.1) is 0 Å². The quantitative estimate of drug-likeness (QED) is 0.0265. The molecule has 0 bridgehead atoms. The first-order valence-corrected chi connectivity index (χ1v) is 36.5. The maximum atomic E-state index is 12.9. The molecule has 0 spiro atoms. The lowest BCUT2D eigenvalue weighted by Crippen LogP contribution is -2.56. The third-order valence-electron chi connectivity index (χ3n) is 10.5. The van der Waals surface area contributed by atoms with Crippen LogP contribution in [0.4, 0.5) is 0 Å². The standard InChI is InChI=1S/C50H81ClO8Si4/c1-11-12-13-14-15-19-22-25-28-42-29-33-45(34-30-42)55-50(53)47-38-37-46(41-48(47)51)56-49(52)43-31-35-44(36-32-43)54-39-26-23-20-17-16-18-21-24-27-40-63(10,58-61(5,6)7)59-62(8,9)57-60(2,3)4/h29-38,41H,11-28,39-40H2,1-10H3. The predicted molar refractivity (Wildman–Crippen MR) is 271 cm³/mol. The zero-order chi connectivity index (χ0) is 46.4. The fourth-order valence-electron chi connectivity index (χ4n) is 7.95. The second-order valence-corrected chi connectivity index (χ2v) is 36.5. The van der Waals surface area contributed by atoms with Gasteiger partial charge >= 0.3 is 29.1 Å². The Kier molecular flexibility index (Phi) is 24.2. The average Bonchev–Trinajstić information content (AvgIpc) is 3.18. The summed E-state index contributed by atoms with van der Waals surface area (Å²) >= 11 is 6.44. The summed E-state index contributed by atoms with van der Waals surface area (Å²) in [6.45, 7) is 23.0. The van der Waals surface area contributed by atoms with Gasteiger partial charge in [0.05, 0.1) is 22.8 Å². The van der Waals surface area contributed by atoms with Crippen LogP contribution >= 0.6 is 11.6 Å². The summed E-state index contributed by atoms with van der Waals surface area (Å²) in [6, 6.07) is 20.1. The highest BCUT2D eigenvalue weighted by Crippen LogP contribution is 2.30. The van der Waals surface area contributed by atoms with Crippen molar-refractivity contribution in [3.8, 4) is 17.2 Å². The number of hydrogen-bond acceptors (Lipinski definition) is 8. The number of benzene rings is 3. The van der Waals surface area contributed by atoms with Crippen LogP contribution in [0.25, 0.3) is 0 Å². The smallest absolute Gasteiger partial charge is 0.345 e. The molecule has 0 aromatic heterocycles. The maximum absolute atomic E-state index is 12.9. The van der Waals surface area contributed by atoms with E-state index in [-0.39, 0.29) is 16.3 Å². The van der Waals surface area contributed by atoms with Crippen LogP contribution < -0.4 is 14.2 Å². The molecule has 1 unspecified atom stereocenters. The molecule has 0 saturated carbocycles. The van der Waals surface area contributed by atoms with Gasteiger partial charge in [-0.1, -0.05) is 127 Å². The third kappa shape index (κ3) is 24.0. The minimum absolute atomic E-state index is 0.139. The number of ether oxygens (including phenoxy) is 3. The average molecular weight is 958 g/mol. The number of carbonyl (C=O) groups is 2. The van der Waals surface area contributed by atoms with Gasteiger partial charge in [-0.3, -0.25) is 0 Å². The molecule has 3 rings (SSSR count). The van der Waals surface area contributed by atoms with Gasteiger partial charge in [0, 0.05) is 6.07 Å². The molecule has 352 valence electrons. The van der Waals surface area contributed by atoms with E-state index in [0.717, 1.165) is 38.1 Å². The fraction of sp³-hybridized carbons (Fsp3) is 0.600. The van der Waals surface area contributed by atoms with Gasteiger partial charge in [0.15, 0.2) is 16.6 Å². The van der Waals surface area contributed by atoms with Gasteiger partial charge in [0.2, 0.25) is 0 Å². The molecule has 0 heterocycles. The molecule has 3 aromatic carbocycles. The van der Waals surface area contributed by atoms with Gasteiger partial charge in [-0.2, -0.15) is 0 Å². The van der Waals surface area contributed by atoms with E-state index in [0.29, 0.717) is 23.7 Å². The number of carbonyl (C=O) groups excluding carboxylic acids is 2. The van der Waals surface area contributed by atoms with Crippen molar-refractivity contribution in [2.24, 2.45) is 0 Å². The fourth-order valence-corrected chi connectivity index (χ4v) is 26.2. The van der Waals surface area contributed by atoms with E-state index in [9.17, 15) is 9.59 Å². The number of unbranched alkanes of at least 4 members (excludes halogenated alkanes) is 15. The Morgan fingerprint density at radius 1 is 0.508 bits per heavy atom. The zero-order valence-electron chi connectivity index (χ0n) is 40.6. The Balaban J connectivity index is 1.28. The molecule has 0 amide bonds. The van der Waals surface area contributed by atoms with E-state index in [1.807, 2.05) is 24.3 Å². The van der Waals surface area contributed by atoms with Crippen LogP contribution in [0.2, 0.25) is 70.0 Å². The van der Waals surface area contributed by atoms with E-state index in [4.69, 9.17) is 38.2 Å². The number of rotatable bonds is 32. The third-order valence-corrected chi connectivity index (χ3v) is 24.4. The number of hydrogen-bond donors (Lipinski definition) is 0. The highest BCUT2D eigenvalue weighted by Gasteiger charge is 2.44. The summed E-state index contributed by atoms with van der Waals surface area (Å²) in [7, 11) is -7.98. The van der Waals surface area contributed by atoms with E-state index in [1.165, 1.54) is 101 Å². The van der Waals surface area contributed by atoms with E-state index in [1.54, 1.807) is 30.3 Å². The largest absolute Gasteiger partial charge is 0.494 e. The topological polar surface area (TPSA) is 89.5 Å². The van der Waals surface area contributed by atoms with Crippen molar-refractivity contribution >= 4 is 57.3 Å². The van der Waals surface area contributed by atoms with Crippen LogP contribution in [-0.2, 0) is 18.8 Å². The molecule has 1 atom stereocenters. The van der Waals surface area contributed by atoms with Crippen molar-refractivity contribution in [3.05, 3.63) is 88.4 Å². The van der Waals surface area contributed by atoms with Crippen LogP contribution in [0.1, 0.15) is 142 Å². The summed E-state index contributed by atoms with van der Waals surface area (Å²) < 4.78 is 37.2. The highest BCUT2D eigenvalue weighted by atomic mass is 35.5. The Bertz CT molecular complexity index is 1780. The van der Waals surface area contributed by atoms with Crippen LogP contribution in [0.3, 0.4) is 0 Å². The van der Waals surface area contributed by atoms with Crippen LogP contribution in [0.5, 0.6) is 17.2 Å². The number of esters is 2. The Hall–Kier alpha value is -2.56. The molecule has 13 heteroatoms. The molecule has 0 saturated heterocycles. The molecular weight excluding hydrogens is 876 g/mol. The Labute approximate surface area is 391 Å². The SMILES string of the molecule is CCCCCCCCCCc1ccc(OC(=O)c2ccc(OC(=O)c3ccc(OCCCCCCCCCCC[Si](C)(O[Si](C)(C)C)O[Si](C)(C)O[Si](C)(C)C)cc3)cc2Cl)cc1. The predicted octanol–water partition coefficient (Wildman–Crippen LogP) is 15.8. The first-order valence-electron chi connectivity index (χ1n) is 23.9. The second-order valence-electron chi connectivity index (χ2n) is 19.7. The van der Waals surface area contributed by atoms with Crippen LogP contribution in [0.15, 0.2) is 66.7 Å². The molecule has 3 aromatic rings. The summed E-state index contributed by atoms with van der Waals surface area (Å²) in [5, 5.41) is 0.139. The van der Waals surface area contributed by atoms with Crippen molar-refractivity contribution in [1.82, 2.24) is 0 Å². The molecule has 0 radical (unpaired) electrons. The Morgan fingerprint density at radius 3 is 1.56 bits per heavy atom. The molecule has 63 heavy (non-hydrogen) atoms. The van der Waals surface area contributed by atoms with Crippen molar-refractivity contribution in [2.45, 2.75) is 187 Å². The lowest BCUT2D eigenvalue weighted by molar-refractivity contribution is 0.0730. The van der Waals surface area contributed by atoms with Gasteiger partial charge < -0.3 is 26.6 Å². The van der Waals surface area contributed by atoms with Crippen molar-refractivity contribution in [2.75, 3.05) is 6.61 Å². The van der Waals surface area contributed by atoms with Gasteiger partial charge in [0.1, 0.15) is 17.2 Å². The zero-order valence-corrected chi connectivity index (χ0v) is 45.4. The van der Waals surface area contributed by atoms with E-state index in [2.05, 4.69) is 65.8 Å².